The molecule has 2 nitrogen and oxygen atoms in total. The molecule has 0 atom stereocenters. The first kappa shape index (κ1) is 13.5. The molecular formula is C14H25NO. The second-order valence-corrected chi connectivity index (χ2v) is 5.29. The number of aliphatic hydroxyl groups excluding tert-OH is 1. The van der Waals surface area contributed by atoms with Gasteiger partial charge in [0, 0.05) is 0 Å². The molecule has 1 rings (SSSR count). The topological polar surface area (TPSA) is 44.0 Å². The van der Waals surface area contributed by atoms with Crippen LogP contribution in [0, 0.1) is 16.7 Å². The van der Waals surface area contributed by atoms with Gasteiger partial charge in [0.05, 0.1) is 17.6 Å². The van der Waals surface area contributed by atoms with Crippen LogP contribution in [0.4, 0.5) is 0 Å². The van der Waals surface area contributed by atoms with Crippen molar-refractivity contribution in [2.45, 2.75) is 77.2 Å². The third-order valence-corrected chi connectivity index (χ3v) is 3.91. The van der Waals surface area contributed by atoms with E-state index in [2.05, 4.69) is 13.0 Å². The van der Waals surface area contributed by atoms with E-state index in [1.807, 2.05) is 0 Å². The van der Waals surface area contributed by atoms with E-state index in [1.54, 1.807) is 0 Å². The van der Waals surface area contributed by atoms with Gasteiger partial charge in [-0.25, -0.2) is 0 Å². The Morgan fingerprint density at radius 2 is 1.81 bits per heavy atom. The molecule has 16 heavy (non-hydrogen) atoms. The van der Waals surface area contributed by atoms with Crippen LogP contribution in [0.15, 0.2) is 0 Å². The highest BCUT2D eigenvalue weighted by Gasteiger charge is 2.34. The SMILES string of the molecule is CCCCCCCC1(C#N)CCC(O)CC1. The van der Waals surface area contributed by atoms with Crippen molar-refractivity contribution in [2.75, 3.05) is 0 Å². The van der Waals surface area contributed by atoms with E-state index in [4.69, 9.17) is 0 Å². The summed E-state index contributed by atoms with van der Waals surface area (Å²) >= 11 is 0. The minimum Gasteiger partial charge on any atom is -0.393 e. The number of rotatable bonds is 6. The van der Waals surface area contributed by atoms with E-state index >= 15 is 0 Å². The van der Waals surface area contributed by atoms with Gasteiger partial charge in [-0.05, 0) is 32.1 Å². The van der Waals surface area contributed by atoms with Crippen LogP contribution in [0.5, 0.6) is 0 Å². The Bertz CT molecular complexity index is 223. The normalized spacial score (nSPS) is 29.9. The van der Waals surface area contributed by atoms with Crippen molar-refractivity contribution in [2.24, 2.45) is 5.41 Å². The molecular weight excluding hydrogens is 198 g/mol. The summed E-state index contributed by atoms with van der Waals surface area (Å²) in [6.45, 7) is 2.22. The summed E-state index contributed by atoms with van der Waals surface area (Å²) in [7, 11) is 0. The van der Waals surface area contributed by atoms with E-state index in [9.17, 15) is 10.4 Å². The molecule has 1 fully saturated rings. The molecule has 0 aliphatic heterocycles. The van der Waals surface area contributed by atoms with Crippen LogP contribution in [0.25, 0.3) is 0 Å². The van der Waals surface area contributed by atoms with Gasteiger partial charge in [-0.3, -0.25) is 0 Å². The fourth-order valence-electron chi connectivity index (χ4n) is 2.64. The molecule has 1 N–H and O–H groups in total. The molecule has 1 saturated carbocycles. The largest absolute Gasteiger partial charge is 0.393 e. The van der Waals surface area contributed by atoms with Gasteiger partial charge >= 0.3 is 0 Å². The zero-order valence-electron chi connectivity index (χ0n) is 10.5. The standard InChI is InChI=1S/C14H25NO/c1-2-3-4-5-6-9-14(12-15)10-7-13(16)8-11-14/h13,16H,2-11H2,1H3. The zero-order chi connectivity index (χ0) is 11.9. The molecule has 0 bridgehead atoms. The molecule has 0 unspecified atom stereocenters. The number of nitriles is 1. The molecule has 0 aromatic rings. The summed E-state index contributed by atoms with van der Waals surface area (Å²) in [4.78, 5) is 0. The Morgan fingerprint density at radius 3 is 2.38 bits per heavy atom. The van der Waals surface area contributed by atoms with Gasteiger partial charge in [0.25, 0.3) is 0 Å². The van der Waals surface area contributed by atoms with Crippen LogP contribution >= 0.6 is 0 Å². The molecule has 0 saturated heterocycles. The quantitative estimate of drug-likeness (QED) is 0.696. The average molecular weight is 223 g/mol. The lowest BCUT2D eigenvalue weighted by molar-refractivity contribution is 0.0824. The van der Waals surface area contributed by atoms with E-state index < -0.39 is 0 Å². The van der Waals surface area contributed by atoms with Crippen LogP contribution in [0.2, 0.25) is 0 Å². The number of nitrogens with zero attached hydrogens (tertiary/aromatic N) is 1. The van der Waals surface area contributed by atoms with E-state index in [0.717, 1.165) is 32.1 Å². The monoisotopic (exact) mass is 223 g/mol. The summed E-state index contributed by atoms with van der Waals surface area (Å²) in [6.07, 6.45) is 10.7. The molecule has 1 aliphatic rings. The Morgan fingerprint density at radius 1 is 1.19 bits per heavy atom. The van der Waals surface area contributed by atoms with Gasteiger partial charge in [0.1, 0.15) is 0 Å². The lowest BCUT2D eigenvalue weighted by Crippen LogP contribution is -2.28. The van der Waals surface area contributed by atoms with Crippen LogP contribution in [-0.2, 0) is 0 Å². The highest BCUT2D eigenvalue weighted by molar-refractivity contribution is 5.01. The van der Waals surface area contributed by atoms with Gasteiger partial charge < -0.3 is 5.11 Å². The van der Waals surface area contributed by atoms with Crippen molar-refractivity contribution in [3.63, 3.8) is 0 Å². The second kappa shape index (κ2) is 6.91. The van der Waals surface area contributed by atoms with Crippen molar-refractivity contribution in [3.8, 4) is 6.07 Å². The van der Waals surface area contributed by atoms with E-state index in [1.165, 1.54) is 32.1 Å². The molecule has 0 aromatic heterocycles. The van der Waals surface area contributed by atoms with Crippen molar-refractivity contribution < 1.29 is 5.11 Å². The predicted octanol–water partition coefficient (Wildman–Crippen LogP) is 3.79. The number of aliphatic hydroxyl groups is 1. The lowest BCUT2D eigenvalue weighted by atomic mass is 9.71. The maximum Gasteiger partial charge on any atom is 0.0689 e. The van der Waals surface area contributed by atoms with Gasteiger partial charge in [-0.2, -0.15) is 5.26 Å². The summed E-state index contributed by atoms with van der Waals surface area (Å²) in [6, 6.07) is 2.52. The Labute approximate surface area is 99.7 Å². The third-order valence-electron chi connectivity index (χ3n) is 3.91. The van der Waals surface area contributed by atoms with Crippen LogP contribution < -0.4 is 0 Å². The number of hydrogen-bond acceptors (Lipinski definition) is 2. The average Bonchev–Trinajstić information content (AvgIpc) is 2.32. The summed E-state index contributed by atoms with van der Waals surface area (Å²) in [5.74, 6) is 0. The van der Waals surface area contributed by atoms with Gasteiger partial charge in [-0.15, -0.1) is 0 Å². The summed E-state index contributed by atoms with van der Waals surface area (Å²) in [5.41, 5.74) is -0.106. The maximum absolute atomic E-state index is 9.47. The second-order valence-electron chi connectivity index (χ2n) is 5.29. The van der Waals surface area contributed by atoms with Gasteiger partial charge in [0.2, 0.25) is 0 Å². The molecule has 0 aromatic carbocycles. The van der Waals surface area contributed by atoms with Gasteiger partial charge in [0.15, 0.2) is 0 Å². The maximum atomic E-state index is 9.47. The first-order valence-electron chi connectivity index (χ1n) is 6.82. The number of hydrogen-bond donors (Lipinski definition) is 1. The highest BCUT2D eigenvalue weighted by atomic mass is 16.3. The first-order valence-corrected chi connectivity index (χ1v) is 6.82. The molecule has 2 heteroatoms. The van der Waals surface area contributed by atoms with Crippen LogP contribution in [0.3, 0.4) is 0 Å². The Kier molecular flexibility index (Phi) is 5.84. The fourth-order valence-corrected chi connectivity index (χ4v) is 2.64. The third kappa shape index (κ3) is 4.14. The lowest BCUT2D eigenvalue weighted by Gasteiger charge is -2.33. The van der Waals surface area contributed by atoms with Crippen molar-refractivity contribution in [3.05, 3.63) is 0 Å². The first-order chi connectivity index (χ1) is 7.72. The van der Waals surface area contributed by atoms with Crippen molar-refractivity contribution >= 4 is 0 Å². The van der Waals surface area contributed by atoms with Crippen LogP contribution in [0.1, 0.15) is 71.1 Å². The minimum atomic E-state index is -0.151. The predicted molar refractivity (Wildman–Crippen MR) is 65.9 cm³/mol. The van der Waals surface area contributed by atoms with Crippen molar-refractivity contribution in [1.82, 2.24) is 0 Å². The molecule has 0 amide bonds. The Balaban J connectivity index is 2.24. The molecule has 92 valence electrons. The molecule has 1 aliphatic carbocycles. The zero-order valence-corrected chi connectivity index (χ0v) is 10.5. The molecule has 0 heterocycles. The summed E-state index contributed by atoms with van der Waals surface area (Å²) in [5, 5.41) is 18.8. The molecule has 0 radical (unpaired) electrons. The fraction of sp³-hybridized carbons (Fsp3) is 0.929. The molecule has 0 spiro atoms. The highest BCUT2D eigenvalue weighted by Crippen LogP contribution is 2.40. The van der Waals surface area contributed by atoms with E-state index in [-0.39, 0.29) is 11.5 Å². The smallest absolute Gasteiger partial charge is 0.0689 e. The minimum absolute atomic E-state index is 0.106. The van der Waals surface area contributed by atoms with E-state index in [0.29, 0.717) is 0 Å². The number of unbranched alkanes of at least 4 members (excludes halogenated alkanes) is 4. The summed E-state index contributed by atoms with van der Waals surface area (Å²) < 4.78 is 0. The Hall–Kier alpha value is -0.550. The van der Waals surface area contributed by atoms with Crippen molar-refractivity contribution in [1.29, 1.82) is 5.26 Å². The van der Waals surface area contributed by atoms with Gasteiger partial charge in [-0.1, -0.05) is 39.0 Å². The van der Waals surface area contributed by atoms with Crippen LogP contribution in [-0.4, -0.2) is 11.2 Å².